The van der Waals surface area contributed by atoms with Gasteiger partial charge < -0.3 is 20.1 Å². The van der Waals surface area contributed by atoms with Crippen LogP contribution in [0.25, 0.3) is 21.5 Å². The van der Waals surface area contributed by atoms with Crippen molar-refractivity contribution < 1.29 is 27.4 Å². The predicted molar refractivity (Wildman–Crippen MR) is 142 cm³/mol. The topological polar surface area (TPSA) is 102 Å². The van der Waals surface area contributed by atoms with Crippen LogP contribution in [-0.4, -0.2) is 65.2 Å². The summed E-state index contributed by atoms with van der Waals surface area (Å²) >= 11 is 1.31. The van der Waals surface area contributed by atoms with Crippen molar-refractivity contribution in [3.63, 3.8) is 0 Å². The molecule has 4 aromatic rings. The largest absolute Gasteiger partial charge is 0.437 e. The number of fused-ring (bicyclic) bond motifs is 1. The number of carbonyl (C=O) groups is 1. The van der Waals surface area contributed by atoms with Gasteiger partial charge in [0.2, 0.25) is 17.7 Å². The first-order valence-electron chi connectivity index (χ1n) is 12.2. The summed E-state index contributed by atoms with van der Waals surface area (Å²) in [4.78, 5) is 27.2. The summed E-state index contributed by atoms with van der Waals surface area (Å²) in [7, 11) is 0. The molecule has 1 fully saturated rings. The van der Waals surface area contributed by atoms with E-state index >= 15 is 0 Å². The maximum Gasteiger partial charge on any atom is 0.416 e. The van der Waals surface area contributed by atoms with Gasteiger partial charge in [-0.05, 0) is 24.3 Å². The van der Waals surface area contributed by atoms with Crippen molar-refractivity contribution in [2.75, 3.05) is 50.0 Å². The summed E-state index contributed by atoms with van der Waals surface area (Å²) < 4.78 is 51.6. The summed E-state index contributed by atoms with van der Waals surface area (Å²) in [5.41, 5.74) is 0.673. The molecule has 1 aliphatic heterocycles. The van der Waals surface area contributed by atoms with Crippen molar-refractivity contribution in [2.45, 2.75) is 13.1 Å². The molecule has 0 atom stereocenters. The van der Waals surface area contributed by atoms with E-state index in [1.807, 2.05) is 6.07 Å². The van der Waals surface area contributed by atoms with Gasteiger partial charge in [0.15, 0.2) is 10.9 Å². The number of amides is 1. The Morgan fingerprint density at radius 1 is 1.10 bits per heavy atom. The molecule has 39 heavy (non-hydrogen) atoms. The third kappa shape index (κ3) is 6.80. The van der Waals surface area contributed by atoms with E-state index < -0.39 is 11.7 Å². The monoisotopic (exact) mass is 558 g/mol. The first kappa shape index (κ1) is 26.8. The third-order valence-corrected chi connectivity index (χ3v) is 6.84. The number of halogens is 3. The van der Waals surface area contributed by atoms with Gasteiger partial charge in [0.05, 0.1) is 29.2 Å². The van der Waals surface area contributed by atoms with Gasteiger partial charge in [0, 0.05) is 44.7 Å². The molecule has 2 aromatic carbocycles. The number of aromatic nitrogens is 3. The first-order valence-corrected chi connectivity index (χ1v) is 13.0. The Bertz CT molecular complexity index is 1460. The van der Waals surface area contributed by atoms with Crippen molar-refractivity contribution in [1.82, 2.24) is 19.9 Å². The van der Waals surface area contributed by atoms with Crippen LogP contribution in [0.15, 0.2) is 48.5 Å². The number of ether oxygens (including phenoxy) is 2. The lowest BCUT2D eigenvalue weighted by atomic mass is 10.1. The lowest BCUT2D eigenvalue weighted by molar-refractivity contribution is -0.137. The standard InChI is InChI=1S/C26H25F3N6O3S/c1-16(36)31-25-34-23-20(3-2-4-21(23)39-25)38-22-15-19(17-5-7-18(8-6-17)26(27,28)29)32-24(33-22)30-9-10-35-11-13-37-14-12-35/h2-8,15H,9-14H2,1H3,(H,30,32,33)(H,31,34,36). The third-order valence-electron chi connectivity index (χ3n) is 5.90. The molecule has 0 spiro atoms. The van der Waals surface area contributed by atoms with Gasteiger partial charge in [-0.15, -0.1) is 0 Å². The van der Waals surface area contributed by atoms with Crippen LogP contribution in [0.4, 0.5) is 24.3 Å². The lowest BCUT2D eigenvalue weighted by Crippen LogP contribution is -2.39. The summed E-state index contributed by atoms with van der Waals surface area (Å²) in [5.74, 6) is 0.647. The van der Waals surface area contributed by atoms with Crippen LogP contribution in [0.5, 0.6) is 11.6 Å². The molecule has 2 aromatic heterocycles. The second-order valence-electron chi connectivity index (χ2n) is 8.78. The molecule has 1 aliphatic rings. The predicted octanol–water partition coefficient (Wildman–Crippen LogP) is 5.27. The Labute approximate surface area is 226 Å². The Morgan fingerprint density at radius 3 is 2.59 bits per heavy atom. The lowest BCUT2D eigenvalue weighted by Gasteiger charge is -2.26. The minimum absolute atomic E-state index is 0.190. The number of para-hydroxylation sites is 1. The number of anilines is 2. The number of rotatable bonds is 8. The quantitative estimate of drug-likeness (QED) is 0.302. The van der Waals surface area contributed by atoms with Gasteiger partial charge in [-0.1, -0.05) is 29.5 Å². The van der Waals surface area contributed by atoms with E-state index in [-0.39, 0.29) is 17.7 Å². The maximum atomic E-state index is 13.1. The normalized spacial score (nSPS) is 14.4. The van der Waals surface area contributed by atoms with Crippen molar-refractivity contribution in [3.8, 4) is 22.9 Å². The Morgan fingerprint density at radius 2 is 1.87 bits per heavy atom. The molecule has 0 saturated carbocycles. The number of benzene rings is 2. The van der Waals surface area contributed by atoms with Crippen LogP contribution in [0.1, 0.15) is 12.5 Å². The molecule has 5 rings (SSSR count). The van der Waals surface area contributed by atoms with Gasteiger partial charge >= 0.3 is 6.18 Å². The number of carbonyl (C=O) groups excluding carboxylic acids is 1. The van der Waals surface area contributed by atoms with E-state index in [4.69, 9.17) is 9.47 Å². The van der Waals surface area contributed by atoms with Crippen LogP contribution >= 0.6 is 11.3 Å². The van der Waals surface area contributed by atoms with Gasteiger partial charge in [-0.2, -0.15) is 18.2 Å². The number of nitrogens with zero attached hydrogens (tertiary/aromatic N) is 4. The molecule has 0 bridgehead atoms. The van der Waals surface area contributed by atoms with Crippen LogP contribution in [0.3, 0.4) is 0 Å². The van der Waals surface area contributed by atoms with Gasteiger partial charge in [-0.3, -0.25) is 9.69 Å². The van der Waals surface area contributed by atoms with E-state index in [2.05, 4.69) is 30.5 Å². The molecule has 0 radical (unpaired) electrons. The molecule has 13 heteroatoms. The minimum Gasteiger partial charge on any atom is -0.437 e. The average molecular weight is 559 g/mol. The molecule has 204 valence electrons. The van der Waals surface area contributed by atoms with Gasteiger partial charge in [-0.25, -0.2) is 9.97 Å². The summed E-state index contributed by atoms with van der Waals surface area (Å²) in [6.07, 6.45) is -4.44. The zero-order chi connectivity index (χ0) is 27.4. The van der Waals surface area contributed by atoms with E-state index in [0.29, 0.717) is 47.4 Å². The number of hydrogen-bond donors (Lipinski definition) is 2. The molecule has 9 nitrogen and oxygen atoms in total. The highest BCUT2D eigenvalue weighted by atomic mass is 32.1. The molecular formula is C26H25F3N6O3S. The number of hydrogen-bond acceptors (Lipinski definition) is 9. The zero-order valence-electron chi connectivity index (χ0n) is 20.9. The fraction of sp³-hybridized carbons (Fsp3) is 0.308. The number of morpholine rings is 1. The van der Waals surface area contributed by atoms with Crippen molar-refractivity contribution >= 4 is 38.5 Å². The summed E-state index contributed by atoms with van der Waals surface area (Å²) in [5, 5.41) is 6.31. The van der Waals surface area contributed by atoms with Crippen LogP contribution in [0, 0.1) is 0 Å². The molecule has 0 aliphatic carbocycles. The summed E-state index contributed by atoms with van der Waals surface area (Å²) in [6, 6.07) is 11.7. The van der Waals surface area contributed by atoms with E-state index in [1.54, 1.807) is 18.2 Å². The first-order chi connectivity index (χ1) is 18.7. The van der Waals surface area contributed by atoms with Crippen molar-refractivity contribution in [3.05, 3.63) is 54.1 Å². The Kier molecular flexibility index (Phi) is 7.91. The SMILES string of the molecule is CC(=O)Nc1nc2c(Oc3cc(-c4ccc(C(F)(F)F)cc4)nc(NCCN4CCOCC4)n3)cccc2s1. The fourth-order valence-electron chi connectivity index (χ4n) is 4.01. The van der Waals surface area contributed by atoms with Crippen LogP contribution in [0.2, 0.25) is 0 Å². The highest BCUT2D eigenvalue weighted by Gasteiger charge is 2.30. The van der Waals surface area contributed by atoms with E-state index in [0.717, 1.165) is 36.5 Å². The number of alkyl halides is 3. The second-order valence-corrected chi connectivity index (χ2v) is 9.81. The highest BCUT2D eigenvalue weighted by molar-refractivity contribution is 7.22. The molecule has 2 N–H and O–H groups in total. The smallest absolute Gasteiger partial charge is 0.416 e. The van der Waals surface area contributed by atoms with Gasteiger partial charge in [0.25, 0.3) is 0 Å². The van der Waals surface area contributed by atoms with E-state index in [1.165, 1.54) is 30.4 Å². The molecule has 0 unspecified atom stereocenters. The second kappa shape index (κ2) is 11.5. The van der Waals surface area contributed by atoms with Gasteiger partial charge in [0.1, 0.15) is 5.52 Å². The Hall–Kier alpha value is -3.81. The van der Waals surface area contributed by atoms with Crippen molar-refractivity contribution in [2.24, 2.45) is 0 Å². The molecular weight excluding hydrogens is 533 g/mol. The molecule has 1 saturated heterocycles. The minimum atomic E-state index is -4.44. The number of nitrogens with one attached hydrogen (secondary N) is 2. The summed E-state index contributed by atoms with van der Waals surface area (Å²) in [6.45, 7) is 5.74. The Balaban J connectivity index is 1.43. The number of thiazole rings is 1. The average Bonchev–Trinajstić information content (AvgIpc) is 3.32. The zero-order valence-corrected chi connectivity index (χ0v) is 21.7. The van der Waals surface area contributed by atoms with Crippen LogP contribution < -0.4 is 15.4 Å². The van der Waals surface area contributed by atoms with E-state index in [9.17, 15) is 18.0 Å². The maximum absolute atomic E-state index is 13.1. The highest BCUT2D eigenvalue weighted by Crippen LogP contribution is 2.36. The fourth-order valence-corrected chi connectivity index (χ4v) is 4.94. The van der Waals surface area contributed by atoms with Crippen LogP contribution in [-0.2, 0) is 15.7 Å². The molecule has 3 heterocycles. The molecule has 1 amide bonds. The van der Waals surface area contributed by atoms with Crippen molar-refractivity contribution in [1.29, 1.82) is 0 Å².